The van der Waals surface area contributed by atoms with E-state index in [-0.39, 0.29) is 0 Å². The van der Waals surface area contributed by atoms with Gasteiger partial charge in [-0.25, -0.2) is 4.98 Å². The first kappa shape index (κ1) is 11.6. The summed E-state index contributed by atoms with van der Waals surface area (Å²) in [4.78, 5) is 4.50. The number of rotatable bonds is 1. The molecule has 0 aromatic carbocycles. The molecule has 2 N–H and O–H groups in total. The molecule has 98 valence electrons. The van der Waals surface area contributed by atoms with Gasteiger partial charge in [-0.1, -0.05) is 25.7 Å². The largest absolute Gasteiger partial charge is 0.369 e. The van der Waals surface area contributed by atoms with Crippen molar-refractivity contribution in [3.63, 3.8) is 0 Å². The number of nitrogens with zero attached hydrogens (tertiary/aromatic N) is 4. The minimum Gasteiger partial charge on any atom is -0.369 e. The standard InChI is InChI=1S/C13H21N5/c1-9-11-12(17(2)16-9)18(13(14)15-11)10-7-5-3-4-6-8-10/h10H,3-8H2,1-2H3,(H2,14,15). The number of aromatic nitrogens is 4. The van der Waals surface area contributed by atoms with E-state index in [1.807, 2.05) is 18.7 Å². The third-order valence-electron chi connectivity index (χ3n) is 4.05. The normalized spacial score (nSPS) is 18.3. The number of nitrogen functional groups attached to an aromatic ring is 1. The monoisotopic (exact) mass is 247 g/mol. The van der Waals surface area contributed by atoms with Crippen molar-refractivity contribution in [2.75, 3.05) is 5.73 Å². The van der Waals surface area contributed by atoms with Gasteiger partial charge in [-0.2, -0.15) is 5.10 Å². The van der Waals surface area contributed by atoms with Crippen molar-refractivity contribution in [2.24, 2.45) is 7.05 Å². The van der Waals surface area contributed by atoms with Crippen LogP contribution in [0.5, 0.6) is 0 Å². The summed E-state index contributed by atoms with van der Waals surface area (Å²) in [6.45, 7) is 1.99. The van der Waals surface area contributed by atoms with Crippen molar-refractivity contribution >= 4 is 17.1 Å². The lowest BCUT2D eigenvalue weighted by molar-refractivity contribution is 0.452. The number of nitrogens with two attached hydrogens (primary N) is 1. The molecule has 1 saturated carbocycles. The Balaban J connectivity index is 2.11. The van der Waals surface area contributed by atoms with Crippen LogP contribution < -0.4 is 5.73 Å². The Labute approximate surface area is 107 Å². The maximum atomic E-state index is 6.13. The van der Waals surface area contributed by atoms with Crippen molar-refractivity contribution < 1.29 is 0 Å². The van der Waals surface area contributed by atoms with E-state index in [1.54, 1.807) is 0 Å². The molecule has 0 unspecified atom stereocenters. The predicted octanol–water partition coefficient (Wildman–Crippen LogP) is 2.56. The fraction of sp³-hybridized carbons (Fsp3) is 0.692. The third-order valence-corrected chi connectivity index (χ3v) is 4.05. The molecule has 5 heteroatoms. The molecule has 0 atom stereocenters. The topological polar surface area (TPSA) is 61.7 Å². The third kappa shape index (κ3) is 1.69. The van der Waals surface area contributed by atoms with Gasteiger partial charge < -0.3 is 5.73 Å². The van der Waals surface area contributed by atoms with E-state index in [2.05, 4.69) is 14.6 Å². The Morgan fingerprint density at radius 2 is 1.83 bits per heavy atom. The zero-order chi connectivity index (χ0) is 12.7. The van der Waals surface area contributed by atoms with Crippen LogP contribution in [-0.2, 0) is 7.05 Å². The molecule has 0 amide bonds. The molecule has 3 rings (SSSR count). The maximum absolute atomic E-state index is 6.13. The molecular formula is C13H21N5. The molecule has 1 aliphatic carbocycles. The summed E-state index contributed by atoms with van der Waals surface area (Å²) in [5.74, 6) is 0.646. The molecule has 0 aliphatic heterocycles. The number of fused-ring (bicyclic) bond motifs is 1. The Hall–Kier alpha value is -1.52. The van der Waals surface area contributed by atoms with Crippen molar-refractivity contribution in [2.45, 2.75) is 51.5 Å². The second-order valence-corrected chi connectivity index (χ2v) is 5.37. The molecule has 18 heavy (non-hydrogen) atoms. The molecule has 0 spiro atoms. The zero-order valence-electron chi connectivity index (χ0n) is 11.2. The number of aryl methyl sites for hydroxylation is 2. The number of hydrogen-bond donors (Lipinski definition) is 1. The summed E-state index contributed by atoms with van der Waals surface area (Å²) in [5.41, 5.74) is 9.13. The Kier molecular flexibility index (Phi) is 2.76. The summed E-state index contributed by atoms with van der Waals surface area (Å²) >= 11 is 0. The molecule has 0 saturated heterocycles. The van der Waals surface area contributed by atoms with Gasteiger partial charge in [0.1, 0.15) is 5.52 Å². The van der Waals surface area contributed by atoms with Crippen LogP contribution in [0, 0.1) is 6.92 Å². The summed E-state index contributed by atoms with van der Waals surface area (Å²) in [6, 6.07) is 0.493. The van der Waals surface area contributed by atoms with E-state index in [4.69, 9.17) is 5.73 Å². The molecule has 0 bridgehead atoms. The second kappa shape index (κ2) is 4.30. The summed E-state index contributed by atoms with van der Waals surface area (Å²) in [6.07, 6.45) is 7.69. The highest BCUT2D eigenvalue weighted by Gasteiger charge is 2.22. The molecule has 1 fully saturated rings. The van der Waals surface area contributed by atoms with E-state index in [0.29, 0.717) is 12.0 Å². The second-order valence-electron chi connectivity index (χ2n) is 5.37. The van der Waals surface area contributed by atoms with Crippen LogP contribution in [-0.4, -0.2) is 19.3 Å². The average Bonchev–Trinajstić information content (AvgIpc) is 2.68. The van der Waals surface area contributed by atoms with Gasteiger partial charge in [0.05, 0.1) is 5.69 Å². The molecule has 2 aromatic heterocycles. The van der Waals surface area contributed by atoms with Crippen LogP contribution in [0.3, 0.4) is 0 Å². The Bertz CT molecular complexity index is 557. The van der Waals surface area contributed by atoms with Crippen molar-refractivity contribution in [1.29, 1.82) is 0 Å². The first-order valence-corrected chi connectivity index (χ1v) is 6.85. The zero-order valence-corrected chi connectivity index (χ0v) is 11.2. The van der Waals surface area contributed by atoms with Gasteiger partial charge in [-0.15, -0.1) is 0 Å². The maximum Gasteiger partial charge on any atom is 0.202 e. The van der Waals surface area contributed by atoms with E-state index in [0.717, 1.165) is 16.9 Å². The molecular weight excluding hydrogens is 226 g/mol. The Morgan fingerprint density at radius 1 is 1.17 bits per heavy atom. The molecule has 0 radical (unpaired) electrons. The van der Waals surface area contributed by atoms with Crippen molar-refractivity contribution in [1.82, 2.24) is 19.3 Å². The van der Waals surface area contributed by atoms with Crippen LogP contribution >= 0.6 is 0 Å². The highest BCUT2D eigenvalue weighted by atomic mass is 15.4. The fourth-order valence-corrected chi connectivity index (χ4v) is 3.19. The minimum absolute atomic E-state index is 0.493. The SMILES string of the molecule is Cc1nn(C)c2c1nc(N)n2C1CCCCCC1. The lowest BCUT2D eigenvalue weighted by Crippen LogP contribution is -2.13. The van der Waals surface area contributed by atoms with Gasteiger partial charge >= 0.3 is 0 Å². The smallest absolute Gasteiger partial charge is 0.202 e. The van der Waals surface area contributed by atoms with Crippen LogP contribution in [0.25, 0.3) is 11.2 Å². The highest BCUT2D eigenvalue weighted by Crippen LogP contribution is 2.32. The molecule has 2 heterocycles. The quantitative estimate of drug-likeness (QED) is 0.788. The van der Waals surface area contributed by atoms with Gasteiger partial charge in [0.2, 0.25) is 5.95 Å². The van der Waals surface area contributed by atoms with Gasteiger partial charge in [0.15, 0.2) is 5.65 Å². The van der Waals surface area contributed by atoms with Gasteiger partial charge in [-0.3, -0.25) is 9.25 Å². The minimum atomic E-state index is 0.493. The van der Waals surface area contributed by atoms with Crippen molar-refractivity contribution in [3.8, 4) is 0 Å². The van der Waals surface area contributed by atoms with E-state index >= 15 is 0 Å². The first-order chi connectivity index (χ1) is 8.68. The Morgan fingerprint density at radius 3 is 2.50 bits per heavy atom. The van der Waals surface area contributed by atoms with Crippen LogP contribution in [0.2, 0.25) is 0 Å². The van der Waals surface area contributed by atoms with Crippen LogP contribution in [0.1, 0.15) is 50.3 Å². The van der Waals surface area contributed by atoms with Crippen molar-refractivity contribution in [3.05, 3.63) is 5.69 Å². The molecule has 5 nitrogen and oxygen atoms in total. The van der Waals surface area contributed by atoms with E-state index in [1.165, 1.54) is 38.5 Å². The first-order valence-electron chi connectivity index (χ1n) is 6.85. The fourth-order valence-electron chi connectivity index (χ4n) is 3.19. The number of imidazole rings is 1. The average molecular weight is 247 g/mol. The highest BCUT2D eigenvalue weighted by molar-refractivity contribution is 5.77. The summed E-state index contributed by atoms with van der Waals surface area (Å²) < 4.78 is 4.12. The lowest BCUT2D eigenvalue weighted by atomic mass is 10.1. The summed E-state index contributed by atoms with van der Waals surface area (Å²) in [7, 11) is 1.98. The predicted molar refractivity (Wildman–Crippen MR) is 72.4 cm³/mol. The molecule has 2 aromatic rings. The lowest BCUT2D eigenvalue weighted by Gasteiger charge is -2.18. The van der Waals surface area contributed by atoms with Gasteiger partial charge in [0, 0.05) is 13.1 Å². The van der Waals surface area contributed by atoms with Gasteiger partial charge in [-0.05, 0) is 19.8 Å². The van der Waals surface area contributed by atoms with E-state index in [9.17, 15) is 0 Å². The summed E-state index contributed by atoms with van der Waals surface area (Å²) in [5, 5.41) is 4.45. The molecule has 1 aliphatic rings. The van der Waals surface area contributed by atoms with E-state index < -0.39 is 0 Å². The number of anilines is 1. The van der Waals surface area contributed by atoms with Crippen LogP contribution in [0.15, 0.2) is 0 Å². The number of hydrogen-bond acceptors (Lipinski definition) is 3. The van der Waals surface area contributed by atoms with Crippen LogP contribution in [0.4, 0.5) is 5.95 Å². The van der Waals surface area contributed by atoms with Gasteiger partial charge in [0.25, 0.3) is 0 Å².